The molecule has 1 aromatic heterocycles. The molecule has 1 fully saturated rings. The predicted octanol–water partition coefficient (Wildman–Crippen LogP) is 3.46. The molecule has 1 heterocycles. The Morgan fingerprint density at radius 1 is 1.44 bits per heavy atom. The number of carbonyl (C=O) groups is 1. The highest BCUT2D eigenvalue weighted by Crippen LogP contribution is 2.41. The van der Waals surface area contributed by atoms with Gasteiger partial charge in [0.2, 0.25) is 5.91 Å². The molecule has 2 N–H and O–H groups in total. The van der Waals surface area contributed by atoms with Crippen molar-refractivity contribution in [1.29, 1.82) is 0 Å². The van der Waals surface area contributed by atoms with E-state index in [1.54, 1.807) is 17.4 Å². The molecule has 1 aromatic carbocycles. The smallest absolute Gasteiger partial charge is 0.220 e. The van der Waals surface area contributed by atoms with Crippen molar-refractivity contribution in [1.82, 2.24) is 5.32 Å². The maximum atomic E-state index is 13.8. The molecule has 0 saturated heterocycles. The third kappa shape index (κ3) is 4.38. The molecule has 0 aliphatic heterocycles. The molecular weight excluding hydrogens is 341 g/mol. The van der Waals surface area contributed by atoms with Crippen molar-refractivity contribution in [2.75, 3.05) is 7.11 Å². The van der Waals surface area contributed by atoms with Gasteiger partial charge in [-0.15, -0.1) is 0 Å². The summed E-state index contributed by atoms with van der Waals surface area (Å²) in [4.78, 5) is 12.4. The summed E-state index contributed by atoms with van der Waals surface area (Å²) in [7, 11) is 1.53. The van der Waals surface area contributed by atoms with Gasteiger partial charge < -0.3 is 15.2 Å². The van der Waals surface area contributed by atoms with Crippen LogP contribution < -0.4 is 10.1 Å². The van der Waals surface area contributed by atoms with Crippen molar-refractivity contribution in [3.05, 3.63) is 52.0 Å². The summed E-state index contributed by atoms with van der Waals surface area (Å²) in [5, 5.41) is 16.7. The van der Waals surface area contributed by atoms with Gasteiger partial charge in [0.05, 0.1) is 19.3 Å². The number of thiophene rings is 1. The normalized spacial score (nSPS) is 20.6. The molecule has 3 rings (SSSR count). The van der Waals surface area contributed by atoms with E-state index in [1.165, 1.54) is 19.2 Å². The van der Waals surface area contributed by atoms with Crippen molar-refractivity contribution in [3.63, 3.8) is 0 Å². The van der Waals surface area contributed by atoms with E-state index in [-0.39, 0.29) is 29.8 Å². The molecular formula is C19H22FNO3S. The Morgan fingerprint density at radius 2 is 2.24 bits per heavy atom. The molecule has 1 aliphatic carbocycles. The zero-order valence-electron chi connectivity index (χ0n) is 14.1. The molecule has 2 aromatic rings. The molecule has 1 saturated carbocycles. The number of halogens is 1. The fourth-order valence-electron chi connectivity index (χ4n) is 3.24. The van der Waals surface area contributed by atoms with Crippen molar-refractivity contribution >= 4 is 17.2 Å². The van der Waals surface area contributed by atoms with Crippen LogP contribution in [0.1, 0.15) is 36.4 Å². The summed E-state index contributed by atoms with van der Waals surface area (Å²) in [6, 6.07) is 5.97. The van der Waals surface area contributed by atoms with Crippen LogP contribution in [0.15, 0.2) is 35.0 Å². The van der Waals surface area contributed by atoms with Crippen molar-refractivity contribution in [2.24, 2.45) is 5.92 Å². The lowest BCUT2D eigenvalue weighted by atomic mass is 9.74. The fourth-order valence-corrected chi connectivity index (χ4v) is 3.94. The fraction of sp³-hybridized carbons (Fsp3) is 0.421. The number of carbonyl (C=O) groups excluding carboxylic acids is 1. The van der Waals surface area contributed by atoms with Crippen LogP contribution in [0, 0.1) is 11.7 Å². The highest BCUT2D eigenvalue weighted by atomic mass is 32.1. The average Bonchev–Trinajstić information content (AvgIpc) is 3.09. The van der Waals surface area contributed by atoms with Crippen LogP contribution >= 0.6 is 11.3 Å². The van der Waals surface area contributed by atoms with Crippen LogP contribution in [-0.4, -0.2) is 24.2 Å². The van der Waals surface area contributed by atoms with Crippen LogP contribution in [0.5, 0.6) is 5.75 Å². The van der Waals surface area contributed by atoms with Crippen LogP contribution in [0.3, 0.4) is 0 Å². The number of aliphatic hydroxyl groups excluding tert-OH is 1. The second-order valence-electron chi connectivity index (χ2n) is 6.45. The van der Waals surface area contributed by atoms with Crippen LogP contribution in [0.2, 0.25) is 0 Å². The second kappa shape index (κ2) is 7.97. The molecule has 134 valence electrons. The minimum Gasteiger partial charge on any atom is -0.496 e. The predicted molar refractivity (Wildman–Crippen MR) is 95.2 cm³/mol. The molecule has 6 heteroatoms. The van der Waals surface area contributed by atoms with Gasteiger partial charge in [0.15, 0.2) is 0 Å². The minimum atomic E-state index is -0.367. The third-order valence-corrected chi connectivity index (χ3v) is 5.42. The summed E-state index contributed by atoms with van der Waals surface area (Å²) in [5.74, 6) is 0.179. The number of benzene rings is 1. The van der Waals surface area contributed by atoms with Gasteiger partial charge in [-0.25, -0.2) is 4.39 Å². The molecule has 0 radical (unpaired) electrons. The average molecular weight is 363 g/mol. The molecule has 1 atom stereocenters. The lowest BCUT2D eigenvalue weighted by molar-refractivity contribution is -0.123. The van der Waals surface area contributed by atoms with E-state index >= 15 is 0 Å². The third-order valence-electron chi connectivity index (χ3n) is 4.69. The first-order valence-electron chi connectivity index (χ1n) is 8.38. The first-order chi connectivity index (χ1) is 12.1. The Bertz CT molecular complexity index is 713. The van der Waals surface area contributed by atoms with Crippen LogP contribution in [-0.2, 0) is 11.2 Å². The van der Waals surface area contributed by atoms with E-state index in [4.69, 9.17) is 4.74 Å². The highest BCUT2D eigenvalue weighted by molar-refractivity contribution is 7.07. The van der Waals surface area contributed by atoms with Crippen molar-refractivity contribution < 1.29 is 19.0 Å². The Labute approximate surface area is 150 Å². The first kappa shape index (κ1) is 17.9. The van der Waals surface area contributed by atoms with Crippen LogP contribution in [0.4, 0.5) is 4.39 Å². The molecule has 1 aliphatic rings. The summed E-state index contributed by atoms with van der Waals surface area (Å²) in [5.41, 5.74) is 1.77. The maximum Gasteiger partial charge on any atom is 0.220 e. The van der Waals surface area contributed by atoms with E-state index in [1.807, 2.05) is 16.8 Å². The van der Waals surface area contributed by atoms with Gasteiger partial charge in [-0.1, -0.05) is 0 Å². The Balaban J connectivity index is 1.73. The lowest BCUT2D eigenvalue weighted by Gasteiger charge is -2.38. The van der Waals surface area contributed by atoms with E-state index in [0.29, 0.717) is 37.0 Å². The van der Waals surface area contributed by atoms with Gasteiger partial charge in [-0.05, 0) is 65.8 Å². The van der Waals surface area contributed by atoms with Gasteiger partial charge >= 0.3 is 0 Å². The topological polar surface area (TPSA) is 58.6 Å². The van der Waals surface area contributed by atoms with Gasteiger partial charge in [-0.2, -0.15) is 11.3 Å². The number of aryl methyl sites for hydroxylation is 1. The number of hydrogen-bond donors (Lipinski definition) is 2. The molecule has 0 bridgehead atoms. The molecule has 0 unspecified atom stereocenters. The number of hydrogen-bond acceptors (Lipinski definition) is 4. The number of amides is 1. The first-order valence-corrected chi connectivity index (χ1v) is 9.33. The largest absolute Gasteiger partial charge is 0.496 e. The number of ether oxygens (including phenoxy) is 1. The summed E-state index contributed by atoms with van der Waals surface area (Å²) in [6.45, 7) is 0. The van der Waals surface area contributed by atoms with Crippen molar-refractivity contribution in [3.8, 4) is 5.75 Å². The van der Waals surface area contributed by atoms with Gasteiger partial charge in [0, 0.05) is 12.0 Å². The number of methoxy groups -OCH3 is 1. The Kier molecular flexibility index (Phi) is 5.71. The minimum absolute atomic E-state index is 0.0794. The zero-order chi connectivity index (χ0) is 17.8. The van der Waals surface area contributed by atoms with Crippen molar-refractivity contribution in [2.45, 2.75) is 37.8 Å². The standard InChI is InChI=1S/C19H22FNO3S/c1-24-17-4-3-14(20)10-16(17)19(13-8-15(22)9-13)21-18(23)5-2-12-6-7-25-11-12/h3-4,6-7,10-11,13,15,19,22H,2,5,8-9H2,1H3,(H,21,23)/t13?,15?,19-/m1/s1. The van der Waals surface area contributed by atoms with E-state index in [2.05, 4.69) is 5.32 Å². The van der Waals surface area contributed by atoms with Gasteiger partial charge in [0.25, 0.3) is 0 Å². The Morgan fingerprint density at radius 3 is 2.88 bits per heavy atom. The monoisotopic (exact) mass is 363 g/mol. The summed E-state index contributed by atoms with van der Waals surface area (Å²) >= 11 is 1.61. The lowest BCUT2D eigenvalue weighted by Crippen LogP contribution is -2.41. The quantitative estimate of drug-likeness (QED) is 0.792. The maximum absolute atomic E-state index is 13.8. The number of nitrogens with one attached hydrogen (secondary N) is 1. The molecule has 4 nitrogen and oxygen atoms in total. The van der Waals surface area contributed by atoms with E-state index in [0.717, 1.165) is 5.56 Å². The van der Waals surface area contributed by atoms with Gasteiger partial charge in [0.1, 0.15) is 11.6 Å². The summed E-state index contributed by atoms with van der Waals surface area (Å²) in [6.07, 6.45) is 1.88. The second-order valence-corrected chi connectivity index (χ2v) is 7.23. The Hall–Kier alpha value is -1.92. The molecule has 25 heavy (non-hydrogen) atoms. The summed E-state index contributed by atoms with van der Waals surface area (Å²) < 4.78 is 19.1. The van der Waals surface area contributed by atoms with E-state index < -0.39 is 0 Å². The number of rotatable bonds is 7. The van der Waals surface area contributed by atoms with E-state index in [9.17, 15) is 14.3 Å². The zero-order valence-corrected chi connectivity index (χ0v) is 14.9. The molecule has 1 amide bonds. The molecule has 0 spiro atoms. The van der Waals surface area contributed by atoms with Crippen LogP contribution in [0.25, 0.3) is 0 Å². The van der Waals surface area contributed by atoms with Gasteiger partial charge in [-0.3, -0.25) is 4.79 Å². The number of aliphatic hydroxyl groups is 1. The SMILES string of the molecule is COc1ccc(F)cc1[C@H](NC(=O)CCc1ccsc1)C1CC(O)C1. The highest BCUT2D eigenvalue weighted by Gasteiger charge is 2.37.